The van der Waals surface area contributed by atoms with Crippen molar-refractivity contribution in [1.82, 2.24) is 0 Å². The fourth-order valence-electron chi connectivity index (χ4n) is 6.91. The van der Waals surface area contributed by atoms with Crippen molar-refractivity contribution in [3.8, 4) is 17.2 Å². The Bertz CT molecular complexity index is 1420. The van der Waals surface area contributed by atoms with Gasteiger partial charge >= 0.3 is 0 Å². The SMILES string of the molecule is CC1=C[C@@]2(C)c3cc(C)cc(C)c3O[C@H]2[C@]2(c3ccccc3O)c3cc(C)cc(C)c3O[C@]12O. The second-order valence-corrected chi connectivity index (χ2v) is 10.6. The summed E-state index contributed by atoms with van der Waals surface area (Å²) >= 11 is 0. The zero-order valence-electron chi connectivity index (χ0n) is 20.5. The van der Waals surface area contributed by atoms with Gasteiger partial charge in [-0.25, -0.2) is 0 Å². The molecule has 2 aliphatic heterocycles. The van der Waals surface area contributed by atoms with Crippen LogP contribution in [0.25, 0.3) is 0 Å². The van der Waals surface area contributed by atoms with Gasteiger partial charge in [0.15, 0.2) is 0 Å². The normalized spacial score (nSPS) is 30.4. The van der Waals surface area contributed by atoms with Gasteiger partial charge in [-0.3, -0.25) is 0 Å². The third kappa shape index (κ3) is 2.27. The first-order chi connectivity index (χ1) is 16.0. The molecule has 4 heteroatoms. The average Bonchev–Trinajstić information content (AvgIpc) is 3.20. The first-order valence-corrected chi connectivity index (χ1v) is 11.8. The average molecular weight is 455 g/mol. The van der Waals surface area contributed by atoms with Crippen LogP contribution in [0.3, 0.4) is 0 Å². The van der Waals surface area contributed by atoms with Crippen LogP contribution in [-0.2, 0) is 10.8 Å². The first-order valence-electron chi connectivity index (χ1n) is 11.8. The zero-order valence-corrected chi connectivity index (χ0v) is 20.5. The number of hydrogen-bond donors (Lipinski definition) is 2. The Morgan fingerprint density at radius 2 is 1.41 bits per heavy atom. The highest BCUT2D eigenvalue weighted by Gasteiger charge is 2.74. The number of hydrogen-bond acceptors (Lipinski definition) is 4. The van der Waals surface area contributed by atoms with E-state index < -0.39 is 22.7 Å². The Labute approximate surface area is 200 Å². The lowest BCUT2D eigenvalue weighted by atomic mass is 9.53. The maximum atomic E-state index is 12.5. The van der Waals surface area contributed by atoms with Crippen molar-refractivity contribution < 1.29 is 19.7 Å². The fraction of sp³-hybridized carbons (Fsp3) is 0.333. The van der Waals surface area contributed by atoms with E-state index in [1.54, 1.807) is 12.1 Å². The van der Waals surface area contributed by atoms with E-state index in [0.717, 1.165) is 33.6 Å². The molecule has 0 bridgehead atoms. The van der Waals surface area contributed by atoms with Crippen LogP contribution in [0.4, 0.5) is 0 Å². The van der Waals surface area contributed by atoms with Gasteiger partial charge in [-0.2, -0.15) is 0 Å². The van der Waals surface area contributed by atoms with Gasteiger partial charge in [-0.1, -0.05) is 59.7 Å². The van der Waals surface area contributed by atoms with Gasteiger partial charge in [0.25, 0.3) is 0 Å². The Morgan fingerprint density at radius 1 is 0.794 bits per heavy atom. The fourth-order valence-corrected chi connectivity index (χ4v) is 6.91. The minimum absolute atomic E-state index is 0.112. The molecule has 2 heterocycles. The molecule has 4 atom stereocenters. The summed E-state index contributed by atoms with van der Waals surface area (Å²) in [5.74, 6) is -0.108. The minimum atomic E-state index is -1.72. The summed E-state index contributed by atoms with van der Waals surface area (Å²) < 4.78 is 13.4. The summed E-state index contributed by atoms with van der Waals surface area (Å²) in [6.45, 7) is 12.3. The van der Waals surface area contributed by atoms with E-state index in [9.17, 15) is 10.2 Å². The standard InChI is InChI=1S/C30H30O4/c1-16-11-18(3)25-22(13-16)28(6)15-20(5)30(32)29(27(28)33-25,21-9-7-8-10-24(21)31)23-14-17(2)12-19(4)26(23)34-30/h7-15,27,31-32H,1-6H3/t27-,28+,29+,30-/m1/s1. The van der Waals surface area contributed by atoms with Gasteiger partial charge in [0.05, 0.1) is 5.41 Å². The van der Waals surface area contributed by atoms with Crippen LogP contribution >= 0.6 is 0 Å². The molecule has 1 aliphatic carbocycles. The van der Waals surface area contributed by atoms with E-state index in [1.807, 2.05) is 32.9 Å². The van der Waals surface area contributed by atoms with Crippen molar-refractivity contribution in [3.63, 3.8) is 0 Å². The summed E-state index contributed by atoms with van der Waals surface area (Å²) in [6.07, 6.45) is 1.56. The molecular formula is C30H30O4. The van der Waals surface area contributed by atoms with Gasteiger partial charge in [-0.15, -0.1) is 0 Å². The summed E-state index contributed by atoms with van der Waals surface area (Å²) in [6, 6.07) is 15.7. The van der Waals surface area contributed by atoms with E-state index >= 15 is 0 Å². The van der Waals surface area contributed by atoms with E-state index in [0.29, 0.717) is 16.9 Å². The van der Waals surface area contributed by atoms with Crippen LogP contribution in [0.5, 0.6) is 17.2 Å². The largest absolute Gasteiger partial charge is 0.508 e. The van der Waals surface area contributed by atoms with Crippen LogP contribution in [-0.4, -0.2) is 22.1 Å². The Hall–Kier alpha value is -3.24. The molecule has 4 nitrogen and oxygen atoms in total. The molecule has 0 saturated carbocycles. The van der Waals surface area contributed by atoms with Crippen LogP contribution in [0.2, 0.25) is 0 Å². The van der Waals surface area contributed by atoms with E-state index in [-0.39, 0.29) is 5.75 Å². The quantitative estimate of drug-likeness (QED) is 0.465. The lowest BCUT2D eigenvalue weighted by molar-refractivity contribution is -0.166. The van der Waals surface area contributed by atoms with Crippen LogP contribution in [0.1, 0.15) is 52.8 Å². The molecule has 0 radical (unpaired) electrons. The number of aliphatic hydroxyl groups is 1. The van der Waals surface area contributed by atoms with Crippen LogP contribution in [0, 0.1) is 27.7 Å². The van der Waals surface area contributed by atoms with E-state index in [4.69, 9.17) is 9.47 Å². The molecule has 6 rings (SSSR count). The van der Waals surface area contributed by atoms with Crippen LogP contribution < -0.4 is 9.47 Å². The van der Waals surface area contributed by atoms with Crippen molar-refractivity contribution in [3.05, 3.63) is 99.1 Å². The molecule has 2 N–H and O–H groups in total. The number of phenolic OH excluding ortho intramolecular Hbond substituents is 1. The number of fused-ring (bicyclic) bond motifs is 7. The molecule has 0 fully saturated rings. The predicted molar refractivity (Wildman–Crippen MR) is 132 cm³/mol. The monoisotopic (exact) mass is 454 g/mol. The molecule has 3 aliphatic rings. The summed E-state index contributed by atoms with van der Waals surface area (Å²) in [7, 11) is 0. The smallest absolute Gasteiger partial charge is 0.248 e. The first kappa shape index (κ1) is 21.3. The summed E-state index contributed by atoms with van der Waals surface area (Å²) in [5.41, 5.74) is 5.77. The second kappa shape index (κ2) is 6.45. The maximum absolute atomic E-state index is 12.5. The Kier molecular flexibility index (Phi) is 4.04. The second-order valence-electron chi connectivity index (χ2n) is 10.6. The van der Waals surface area contributed by atoms with E-state index in [2.05, 4.69) is 51.1 Å². The molecule has 0 unspecified atom stereocenters. The summed E-state index contributed by atoms with van der Waals surface area (Å²) in [5, 5.41) is 23.8. The van der Waals surface area contributed by atoms with E-state index in [1.165, 1.54) is 5.56 Å². The Morgan fingerprint density at radius 3 is 2.09 bits per heavy atom. The molecule has 0 amide bonds. The third-order valence-corrected chi connectivity index (χ3v) is 8.18. The lowest BCUT2D eigenvalue weighted by Crippen LogP contribution is -2.67. The molecular weight excluding hydrogens is 424 g/mol. The molecule has 174 valence electrons. The van der Waals surface area contributed by atoms with Gasteiger partial charge in [0.1, 0.15) is 28.8 Å². The number of phenols is 1. The topological polar surface area (TPSA) is 58.9 Å². The lowest BCUT2D eigenvalue weighted by Gasteiger charge is -2.52. The number of ether oxygens (including phenoxy) is 2. The molecule has 34 heavy (non-hydrogen) atoms. The Balaban J connectivity index is 1.79. The van der Waals surface area contributed by atoms with Crippen molar-refractivity contribution in [2.24, 2.45) is 0 Å². The van der Waals surface area contributed by atoms with Crippen molar-refractivity contribution >= 4 is 0 Å². The highest BCUT2D eigenvalue weighted by molar-refractivity contribution is 5.69. The molecule has 3 aromatic carbocycles. The maximum Gasteiger partial charge on any atom is 0.248 e. The summed E-state index contributed by atoms with van der Waals surface area (Å²) in [4.78, 5) is 0. The highest BCUT2D eigenvalue weighted by atomic mass is 16.6. The number of benzene rings is 3. The zero-order chi connectivity index (χ0) is 24.2. The minimum Gasteiger partial charge on any atom is -0.508 e. The third-order valence-electron chi connectivity index (χ3n) is 8.18. The van der Waals surface area contributed by atoms with Gasteiger partial charge in [0.2, 0.25) is 5.79 Å². The number of rotatable bonds is 1. The highest BCUT2D eigenvalue weighted by Crippen LogP contribution is 2.67. The van der Waals surface area contributed by atoms with Gasteiger partial charge in [-0.05, 0) is 64.3 Å². The molecule has 3 aromatic rings. The predicted octanol–water partition coefficient (Wildman–Crippen LogP) is 5.67. The number of para-hydroxylation sites is 1. The van der Waals surface area contributed by atoms with Crippen molar-refractivity contribution in [2.75, 3.05) is 0 Å². The van der Waals surface area contributed by atoms with Gasteiger partial charge in [0, 0.05) is 16.7 Å². The van der Waals surface area contributed by atoms with Gasteiger partial charge < -0.3 is 19.7 Å². The number of aromatic hydroxyl groups is 1. The van der Waals surface area contributed by atoms with Crippen LogP contribution in [0.15, 0.2) is 60.2 Å². The molecule has 0 saturated heterocycles. The van der Waals surface area contributed by atoms with Crippen molar-refractivity contribution in [1.29, 1.82) is 0 Å². The molecule has 0 aromatic heterocycles. The number of aryl methyl sites for hydroxylation is 4. The van der Waals surface area contributed by atoms with Crippen molar-refractivity contribution in [2.45, 2.75) is 64.3 Å². The molecule has 0 spiro atoms.